The molecule has 4 N–H and O–H groups in total. The highest BCUT2D eigenvalue weighted by atomic mass is 19.4. The number of halogens is 3. The fourth-order valence-corrected chi connectivity index (χ4v) is 3.05. The second-order valence-corrected chi connectivity index (χ2v) is 6.38. The quantitative estimate of drug-likeness (QED) is 0.711. The first-order chi connectivity index (χ1) is 12.6. The van der Waals surface area contributed by atoms with Gasteiger partial charge in [0.25, 0.3) is 0 Å². The van der Waals surface area contributed by atoms with Crippen molar-refractivity contribution in [2.45, 2.75) is 31.3 Å². The molecule has 0 aliphatic heterocycles. The average molecular weight is 382 g/mol. The van der Waals surface area contributed by atoms with E-state index in [-0.39, 0.29) is 6.04 Å². The maximum Gasteiger partial charge on any atom is 0.490 e. The number of nitrogens with zero attached hydrogens (tertiary/aromatic N) is 1. The average Bonchev–Trinajstić information content (AvgIpc) is 2.92. The van der Waals surface area contributed by atoms with E-state index in [1.165, 1.54) is 11.1 Å². The Bertz CT molecular complexity index is 796. The van der Waals surface area contributed by atoms with Crippen molar-refractivity contribution in [2.24, 2.45) is 0 Å². The fraction of sp³-hybridized carbons (Fsp3) is 0.316. The minimum atomic E-state index is -5.08. The van der Waals surface area contributed by atoms with Crippen molar-refractivity contribution in [2.75, 3.05) is 12.8 Å². The van der Waals surface area contributed by atoms with Crippen LogP contribution >= 0.6 is 0 Å². The van der Waals surface area contributed by atoms with Crippen LogP contribution in [0.3, 0.4) is 0 Å². The highest BCUT2D eigenvalue weighted by Gasteiger charge is 2.38. The van der Waals surface area contributed by atoms with Crippen LogP contribution in [0.4, 0.5) is 18.9 Å². The van der Waals surface area contributed by atoms with E-state index >= 15 is 0 Å². The van der Waals surface area contributed by atoms with Crippen molar-refractivity contribution >= 4 is 11.7 Å². The van der Waals surface area contributed by atoms with Gasteiger partial charge in [-0.25, -0.2) is 4.79 Å². The summed E-state index contributed by atoms with van der Waals surface area (Å²) in [4.78, 5) is 11.1. The lowest BCUT2D eigenvalue weighted by molar-refractivity contribution is -0.192. The van der Waals surface area contributed by atoms with Crippen LogP contribution in [-0.2, 0) is 17.8 Å². The number of anilines is 1. The molecule has 2 aromatic rings. The summed E-state index contributed by atoms with van der Waals surface area (Å²) in [7, 11) is 2.06. The first-order valence-electron chi connectivity index (χ1n) is 8.20. The van der Waals surface area contributed by atoms with Crippen molar-refractivity contribution in [1.82, 2.24) is 4.90 Å². The smallest absolute Gasteiger partial charge is 0.475 e. The molecular weight excluding hydrogens is 361 g/mol. The molecule has 0 heterocycles. The molecule has 1 aliphatic carbocycles. The van der Waals surface area contributed by atoms with Gasteiger partial charge in [-0.1, -0.05) is 36.4 Å². The maximum atomic E-state index is 10.6. The van der Waals surface area contributed by atoms with Crippen molar-refractivity contribution < 1.29 is 28.2 Å². The largest absolute Gasteiger partial charge is 0.490 e. The van der Waals surface area contributed by atoms with E-state index in [9.17, 15) is 18.3 Å². The number of rotatable bonds is 3. The van der Waals surface area contributed by atoms with Crippen molar-refractivity contribution in [3.05, 3.63) is 65.2 Å². The third kappa shape index (κ3) is 5.45. The van der Waals surface area contributed by atoms with Crippen LogP contribution in [0.1, 0.15) is 22.8 Å². The van der Waals surface area contributed by atoms with E-state index in [1.54, 1.807) is 0 Å². The van der Waals surface area contributed by atoms with Crippen LogP contribution in [0.25, 0.3) is 0 Å². The molecule has 2 aromatic carbocycles. The van der Waals surface area contributed by atoms with E-state index in [0.29, 0.717) is 0 Å². The number of nitrogen functional groups attached to an aromatic ring is 1. The minimum absolute atomic E-state index is 0.133. The molecule has 27 heavy (non-hydrogen) atoms. The summed E-state index contributed by atoms with van der Waals surface area (Å²) < 4.78 is 31.7. The second kappa shape index (κ2) is 8.41. The SMILES string of the molecule is CN(Cc1cccc(N)c1)[C@@H]1Cc2ccccc2[C@@H]1O.O=C(O)C(F)(F)F. The van der Waals surface area contributed by atoms with Crippen molar-refractivity contribution in [1.29, 1.82) is 0 Å². The summed E-state index contributed by atoms with van der Waals surface area (Å²) in [5, 5.41) is 17.6. The topological polar surface area (TPSA) is 86.8 Å². The van der Waals surface area contributed by atoms with Crippen LogP contribution in [-0.4, -0.2) is 40.3 Å². The van der Waals surface area contributed by atoms with E-state index in [1.807, 2.05) is 36.4 Å². The summed E-state index contributed by atoms with van der Waals surface area (Å²) in [5.74, 6) is -2.76. The first-order valence-corrected chi connectivity index (χ1v) is 8.20. The molecule has 0 spiro atoms. The highest BCUT2D eigenvalue weighted by Crippen LogP contribution is 2.34. The Hall–Kier alpha value is -2.58. The third-order valence-corrected chi connectivity index (χ3v) is 4.36. The van der Waals surface area contributed by atoms with Gasteiger partial charge >= 0.3 is 12.1 Å². The number of likely N-dealkylation sites (N-methyl/N-ethyl adjacent to an activating group) is 1. The van der Waals surface area contributed by atoms with Gasteiger partial charge in [0.1, 0.15) is 0 Å². The van der Waals surface area contributed by atoms with E-state index in [0.717, 1.165) is 24.2 Å². The molecule has 0 radical (unpaired) electrons. The zero-order chi connectivity index (χ0) is 20.2. The zero-order valence-corrected chi connectivity index (χ0v) is 14.6. The predicted molar refractivity (Wildman–Crippen MR) is 94.9 cm³/mol. The Balaban J connectivity index is 0.000000321. The number of hydrogen-bond donors (Lipinski definition) is 3. The lowest BCUT2D eigenvalue weighted by Gasteiger charge is -2.27. The van der Waals surface area contributed by atoms with Gasteiger partial charge in [-0.3, -0.25) is 4.90 Å². The summed E-state index contributed by atoms with van der Waals surface area (Å²) in [6.45, 7) is 0.792. The number of aliphatic carboxylic acids is 1. The van der Waals surface area contributed by atoms with Gasteiger partial charge in [0.05, 0.1) is 6.10 Å². The number of hydrogen-bond acceptors (Lipinski definition) is 4. The molecule has 0 unspecified atom stereocenters. The number of aliphatic hydroxyl groups excluding tert-OH is 1. The molecule has 0 amide bonds. The van der Waals surface area contributed by atoms with Crippen LogP contribution in [0.15, 0.2) is 48.5 Å². The maximum absolute atomic E-state index is 10.6. The lowest BCUT2D eigenvalue weighted by Crippen LogP contribution is -2.34. The van der Waals surface area contributed by atoms with Crippen LogP contribution < -0.4 is 5.73 Å². The molecule has 0 aromatic heterocycles. The van der Waals surface area contributed by atoms with Crippen LogP contribution in [0, 0.1) is 0 Å². The highest BCUT2D eigenvalue weighted by molar-refractivity contribution is 5.73. The van der Waals surface area contributed by atoms with E-state index in [2.05, 4.69) is 24.1 Å². The number of nitrogens with two attached hydrogens (primary N) is 1. The number of carbonyl (C=O) groups is 1. The number of fused-ring (bicyclic) bond motifs is 1. The van der Waals surface area contributed by atoms with Gasteiger partial charge in [-0.15, -0.1) is 0 Å². The molecule has 0 bridgehead atoms. The van der Waals surface area contributed by atoms with Gasteiger partial charge in [0.15, 0.2) is 0 Å². The summed E-state index contributed by atoms with van der Waals surface area (Å²) in [5.41, 5.74) is 10.1. The van der Waals surface area contributed by atoms with E-state index < -0.39 is 18.2 Å². The monoisotopic (exact) mass is 382 g/mol. The fourth-order valence-electron chi connectivity index (χ4n) is 3.05. The molecule has 146 valence electrons. The van der Waals surface area contributed by atoms with Gasteiger partial charge in [-0.05, 0) is 42.3 Å². The predicted octanol–water partition coefficient (Wildman–Crippen LogP) is 2.99. The summed E-state index contributed by atoms with van der Waals surface area (Å²) in [6.07, 6.45) is -4.59. The van der Waals surface area contributed by atoms with Gasteiger partial charge in [0, 0.05) is 18.3 Å². The lowest BCUT2D eigenvalue weighted by atomic mass is 10.1. The number of alkyl halides is 3. The molecule has 0 saturated carbocycles. The molecule has 1 aliphatic rings. The zero-order valence-electron chi connectivity index (χ0n) is 14.6. The van der Waals surface area contributed by atoms with Crippen molar-refractivity contribution in [3.63, 3.8) is 0 Å². The van der Waals surface area contributed by atoms with Gasteiger partial charge in [0.2, 0.25) is 0 Å². The first kappa shape index (κ1) is 20.7. The molecule has 5 nitrogen and oxygen atoms in total. The summed E-state index contributed by atoms with van der Waals surface area (Å²) in [6, 6.07) is 16.2. The third-order valence-electron chi connectivity index (χ3n) is 4.36. The molecule has 3 rings (SSSR count). The molecular formula is C19H21F3N2O3. The standard InChI is InChI=1S/C17H20N2O.C2HF3O2/c1-19(11-12-5-4-7-14(18)9-12)16-10-13-6-2-3-8-15(13)17(16)20;3-2(4,5)1(6)7/h2-9,16-17,20H,10-11,18H2,1H3;(H,6,7)/t16-,17+;/m1./s1. The number of carboxylic acids is 1. The van der Waals surface area contributed by atoms with E-state index in [4.69, 9.17) is 15.6 Å². The Kier molecular flexibility index (Phi) is 6.45. The second-order valence-electron chi connectivity index (χ2n) is 6.38. The normalized spacial score (nSPS) is 18.6. The Morgan fingerprint density at radius 1 is 1.22 bits per heavy atom. The number of carboxylic acid groups (broad SMARTS) is 1. The van der Waals surface area contributed by atoms with Gasteiger partial charge in [-0.2, -0.15) is 13.2 Å². The Morgan fingerprint density at radius 2 is 1.85 bits per heavy atom. The summed E-state index contributed by atoms with van der Waals surface area (Å²) >= 11 is 0. The Labute approximate surface area is 154 Å². The van der Waals surface area contributed by atoms with Crippen molar-refractivity contribution in [3.8, 4) is 0 Å². The van der Waals surface area contributed by atoms with Gasteiger partial charge < -0.3 is 15.9 Å². The molecule has 8 heteroatoms. The molecule has 2 atom stereocenters. The van der Waals surface area contributed by atoms with Crippen LogP contribution in [0.5, 0.6) is 0 Å². The number of benzene rings is 2. The molecule has 0 fully saturated rings. The van der Waals surface area contributed by atoms with Crippen LogP contribution in [0.2, 0.25) is 0 Å². The number of aliphatic hydroxyl groups is 1. The minimum Gasteiger partial charge on any atom is -0.475 e. The Morgan fingerprint density at radius 3 is 2.41 bits per heavy atom. The molecule has 0 saturated heterocycles.